The summed E-state index contributed by atoms with van der Waals surface area (Å²) in [5.74, 6) is 1.54. The number of aliphatic hydroxyl groups is 1. The molecule has 5 nitrogen and oxygen atoms in total. The van der Waals surface area contributed by atoms with Crippen molar-refractivity contribution in [1.82, 2.24) is 10.2 Å². The Morgan fingerprint density at radius 2 is 1.77 bits per heavy atom. The van der Waals surface area contributed by atoms with E-state index < -0.39 is 0 Å². The fraction of sp³-hybridized carbons (Fsp3) is 0.650. The van der Waals surface area contributed by atoms with Crippen LogP contribution >= 0.6 is 24.0 Å². The van der Waals surface area contributed by atoms with Gasteiger partial charge in [-0.15, -0.1) is 24.0 Å². The molecular formula is C20H33IN4O. The van der Waals surface area contributed by atoms with Crippen LogP contribution in [0.1, 0.15) is 38.2 Å². The van der Waals surface area contributed by atoms with E-state index in [1.807, 2.05) is 0 Å². The Hall–Kier alpha value is -1.02. The van der Waals surface area contributed by atoms with Crippen LogP contribution in [0.2, 0.25) is 0 Å². The highest BCUT2D eigenvalue weighted by atomic mass is 127. The van der Waals surface area contributed by atoms with Gasteiger partial charge in [0.25, 0.3) is 0 Å². The third-order valence-corrected chi connectivity index (χ3v) is 5.33. The molecule has 0 aliphatic carbocycles. The number of benzene rings is 1. The molecule has 0 atom stereocenters. The first-order chi connectivity index (χ1) is 12.3. The Labute approximate surface area is 174 Å². The maximum atomic E-state index is 9.27. The van der Waals surface area contributed by atoms with E-state index in [0.717, 1.165) is 58.1 Å². The molecule has 0 unspecified atom stereocenters. The van der Waals surface area contributed by atoms with Gasteiger partial charge in [-0.25, -0.2) is 4.99 Å². The van der Waals surface area contributed by atoms with Crippen molar-refractivity contribution in [3.63, 3.8) is 0 Å². The van der Waals surface area contributed by atoms with Gasteiger partial charge in [-0.2, -0.15) is 0 Å². The van der Waals surface area contributed by atoms with Gasteiger partial charge in [0, 0.05) is 45.0 Å². The smallest absolute Gasteiger partial charge is 0.194 e. The Morgan fingerprint density at radius 3 is 2.35 bits per heavy atom. The molecule has 2 aliphatic heterocycles. The number of rotatable bonds is 5. The molecule has 146 valence electrons. The largest absolute Gasteiger partial charge is 0.396 e. The fourth-order valence-electron chi connectivity index (χ4n) is 3.71. The van der Waals surface area contributed by atoms with Crippen LogP contribution in [0, 0.1) is 5.92 Å². The van der Waals surface area contributed by atoms with E-state index in [0.29, 0.717) is 12.5 Å². The van der Waals surface area contributed by atoms with Crippen molar-refractivity contribution in [2.75, 3.05) is 44.2 Å². The Bertz CT molecular complexity index is 549. The van der Waals surface area contributed by atoms with E-state index in [-0.39, 0.29) is 24.0 Å². The zero-order chi connectivity index (χ0) is 17.5. The molecule has 6 heteroatoms. The highest BCUT2D eigenvalue weighted by molar-refractivity contribution is 14.0. The molecule has 0 aromatic heterocycles. The maximum absolute atomic E-state index is 9.27. The first-order valence-electron chi connectivity index (χ1n) is 9.78. The number of nitrogens with one attached hydrogen (secondary N) is 1. The zero-order valence-electron chi connectivity index (χ0n) is 15.9. The van der Waals surface area contributed by atoms with Crippen LogP contribution in [0.15, 0.2) is 29.3 Å². The van der Waals surface area contributed by atoms with Gasteiger partial charge in [-0.05, 0) is 56.2 Å². The Kier molecular flexibility index (Phi) is 8.98. The van der Waals surface area contributed by atoms with Gasteiger partial charge >= 0.3 is 0 Å². The number of halogens is 1. The highest BCUT2D eigenvalue weighted by Gasteiger charge is 2.18. The van der Waals surface area contributed by atoms with Gasteiger partial charge in [-0.3, -0.25) is 0 Å². The molecule has 26 heavy (non-hydrogen) atoms. The summed E-state index contributed by atoms with van der Waals surface area (Å²) in [4.78, 5) is 9.61. The predicted octanol–water partition coefficient (Wildman–Crippen LogP) is 3.07. The molecule has 2 aliphatic rings. The zero-order valence-corrected chi connectivity index (χ0v) is 18.2. The topological polar surface area (TPSA) is 51.1 Å². The van der Waals surface area contributed by atoms with Crippen molar-refractivity contribution >= 4 is 35.6 Å². The average Bonchev–Trinajstić information content (AvgIpc) is 3.20. The summed E-state index contributed by atoms with van der Waals surface area (Å²) in [6.07, 6.45) is 4.72. The molecular weight excluding hydrogens is 439 g/mol. The highest BCUT2D eigenvalue weighted by Crippen LogP contribution is 2.23. The molecule has 0 radical (unpaired) electrons. The predicted molar refractivity (Wildman–Crippen MR) is 120 cm³/mol. The van der Waals surface area contributed by atoms with Crippen molar-refractivity contribution in [3.8, 4) is 0 Å². The number of piperidine rings is 1. The molecule has 0 spiro atoms. The lowest BCUT2D eigenvalue weighted by atomic mass is 9.97. The molecule has 2 fully saturated rings. The van der Waals surface area contributed by atoms with Crippen LogP contribution in [0.4, 0.5) is 5.69 Å². The van der Waals surface area contributed by atoms with Crippen molar-refractivity contribution in [3.05, 3.63) is 29.8 Å². The minimum Gasteiger partial charge on any atom is -0.396 e. The minimum absolute atomic E-state index is 0. The van der Waals surface area contributed by atoms with Gasteiger partial charge in [0.1, 0.15) is 0 Å². The third-order valence-electron chi connectivity index (χ3n) is 5.33. The number of nitrogens with zero attached hydrogens (tertiary/aromatic N) is 3. The second-order valence-corrected chi connectivity index (χ2v) is 7.14. The number of aliphatic imine (C=N–C) groups is 1. The molecule has 1 aromatic rings. The summed E-state index contributed by atoms with van der Waals surface area (Å²) < 4.78 is 0. The number of aliphatic hydroxyl groups excluding tert-OH is 1. The van der Waals surface area contributed by atoms with Crippen molar-refractivity contribution in [2.24, 2.45) is 10.9 Å². The van der Waals surface area contributed by atoms with Gasteiger partial charge < -0.3 is 20.2 Å². The molecule has 2 saturated heterocycles. The Morgan fingerprint density at radius 1 is 1.12 bits per heavy atom. The maximum Gasteiger partial charge on any atom is 0.194 e. The van der Waals surface area contributed by atoms with Crippen LogP contribution in [-0.2, 0) is 6.54 Å². The lowest BCUT2D eigenvalue weighted by molar-refractivity contribution is 0.203. The molecule has 2 heterocycles. The van der Waals surface area contributed by atoms with E-state index in [9.17, 15) is 5.11 Å². The molecule has 0 bridgehead atoms. The monoisotopic (exact) mass is 472 g/mol. The van der Waals surface area contributed by atoms with Crippen LogP contribution < -0.4 is 10.2 Å². The molecule has 0 amide bonds. The molecule has 3 rings (SSSR count). The summed E-state index contributed by atoms with van der Waals surface area (Å²) in [7, 11) is 0. The van der Waals surface area contributed by atoms with Crippen molar-refractivity contribution in [2.45, 2.75) is 39.2 Å². The van der Waals surface area contributed by atoms with E-state index in [4.69, 9.17) is 4.99 Å². The van der Waals surface area contributed by atoms with Crippen LogP contribution in [0.25, 0.3) is 0 Å². The first kappa shape index (κ1) is 21.3. The molecule has 2 N–H and O–H groups in total. The lowest BCUT2D eigenvalue weighted by Gasteiger charge is -2.32. The quantitative estimate of drug-likeness (QED) is 0.393. The SMILES string of the molecule is CCNC(=NCc1ccc(N2CCC(CO)CC2)cc1)N1CCCC1.I. The number of hydrogen-bond acceptors (Lipinski definition) is 3. The minimum atomic E-state index is 0. The van der Waals surface area contributed by atoms with Crippen LogP contribution in [0.5, 0.6) is 0 Å². The number of hydrogen-bond donors (Lipinski definition) is 2. The van der Waals surface area contributed by atoms with Crippen molar-refractivity contribution < 1.29 is 5.11 Å². The van der Waals surface area contributed by atoms with E-state index >= 15 is 0 Å². The van der Waals surface area contributed by atoms with E-state index in [2.05, 4.69) is 46.3 Å². The van der Waals surface area contributed by atoms with Crippen molar-refractivity contribution in [1.29, 1.82) is 0 Å². The molecule has 0 saturated carbocycles. The number of guanidine groups is 1. The number of anilines is 1. The van der Waals surface area contributed by atoms with Gasteiger partial charge in [0.2, 0.25) is 0 Å². The van der Waals surface area contributed by atoms with Gasteiger partial charge in [0.15, 0.2) is 5.96 Å². The lowest BCUT2D eigenvalue weighted by Crippen LogP contribution is -2.39. The van der Waals surface area contributed by atoms with Gasteiger partial charge in [0.05, 0.1) is 6.54 Å². The Balaban J connectivity index is 0.00000243. The second-order valence-electron chi connectivity index (χ2n) is 7.14. The standard InChI is InChI=1S/C20H32N4O.HI/c1-2-21-20(24-11-3-4-12-24)22-15-17-5-7-19(8-6-17)23-13-9-18(16-25)10-14-23;/h5-8,18,25H,2-4,9-16H2,1H3,(H,21,22);1H. The summed E-state index contributed by atoms with van der Waals surface area (Å²) in [5.41, 5.74) is 2.54. The van der Waals surface area contributed by atoms with Crippen LogP contribution in [0.3, 0.4) is 0 Å². The third kappa shape index (κ3) is 5.74. The summed E-state index contributed by atoms with van der Waals surface area (Å²) >= 11 is 0. The van der Waals surface area contributed by atoms with Gasteiger partial charge in [-0.1, -0.05) is 12.1 Å². The summed E-state index contributed by atoms with van der Waals surface area (Å²) in [5, 5.41) is 12.7. The fourth-order valence-corrected chi connectivity index (χ4v) is 3.71. The second kappa shape index (κ2) is 11.0. The summed E-state index contributed by atoms with van der Waals surface area (Å²) in [6.45, 7) is 8.42. The molecule has 1 aromatic carbocycles. The van der Waals surface area contributed by atoms with Crippen LogP contribution in [-0.4, -0.2) is 55.3 Å². The normalized spacial score (nSPS) is 18.8. The summed E-state index contributed by atoms with van der Waals surface area (Å²) in [6, 6.07) is 8.83. The first-order valence-corrected chi connectivity index (χ1v) is 9.78. The van der Waals surface area contributed by atoms with E-state index in [1.54, 1.807) is 0 Å². The average molecular weight is 472 g/mol. The van der Waals surface area contributed by atoms with E-state index in [1.165, 1.54) is 24.1 Å². The number of likely N-dealkylation sites (tertiary alicyclic amines) is 1.